The number of hydrogen-bond acceptors (Lipinski definition) is 4. The zero-order chi connectivity index (χ0) is 15.4. The third-order valence-corrected chi connectivity index (χ3v) is 3.17. The van der Waals surface area contributed by atoms with Crippen molar-refractivity contribution in [1.29, 1.82) is 0 Å². The zero-order valence-corrected chi connectivity index (χ0v) is 12.5. The maximum Gasteiger partial charge on any atom is 0.357 e. The molecule has 0 unspecified atom stereocenters. The Labute approximate surface area is 130 Å². The van der Waals surface area contributed by atoms with Gasteiger partial charge in [-0.25, -0.2) is 9.78 Å². The third-order valence-electron chi connectivity index (χ3n) is 2.54. The molecule has 2 N–H and O–H groups in total. The van der Waals surface area contributed by atoms with E-state index in [-0.39, 0.29) is 33.7 Å². The topological polar surface area (TPSA) is 84.1 Å². The fourth-order valence-electron chi connectivity index (χ4n) is 1.62. The van der Waals surface area contributed by atoms with Crippen LogP contribution in [-0.2, 0) is 4.74 Å². The molecule has 0 atom stereocenters. The van der Waals surface area contributed by atoms with Crippen molar-refractivity contribution in [2.75, 3.05) is 11.9 Å². The summed E-state index contributed by atoms with van der Waals surface area (Å²) in [6, 6.07) is 4.82. The summed E-state index contributed by atoms with van der Waals surface area (Å²) in [4.78, 5) is 30.3. The molecule has 0 aliphatic heterocycles. The van der Waals surface area contributed by atoms with Crippen molar-refractivity contribution in [1.82, 2.24) is 9.97 Å². The van der Waals surface area contributed by atoms with Crippen LogP contribution >= 0.6 is 23.2 Å². The first-order valence-corrected chi connectivity index (χ1v) is 6.76. The fraction of sp³-hybridized carbons (Fsp3) is 0.154. The van der Waals surface area contributed by atoms with Gasteiger partial charge in [-0.1, -0.05) is 29.3 Å². The molecule has 6 nitrogen and oxygen atoms in total. The smallest absolute Gasteiger partial charge is 0.357 e. The molecule has 1 aromatic carbocycles. The summed E-state index contributed by atoms with van der Waals surface area (Å²) in [6.07, 6.45) is 1.23. The van der Waals surface area contributed by atoms with Crippen molar-refractivity contribution in [3.05, 3.63) is 46.0 Å². The van der Waals surface area contributed by atoms with Gasteiger partial charge < -0.3 is 15.0 Å². The third kappa shape index (κ3) is 3.34. The summed E-state index contributed by atoms with van der Waals surface area (Å²) in [5.74, 6) is -1.28. The number of ether oxygens (including phenoxy) is 1. The number of anilines is 1. The zero-order valence-electron chi connectivity index (χ0n) is 10.9. The molecule has 0 radical (unpaired) electrons. The molecule has 21 heavy (non-hydrogen) atoms. The van der Waals surface area contributed by atoms with Gasteiger partial charge >= 0.3 is 5.97 Å². The number of rotatable bonds is 4. The number of amides is 1. The molecule has 0 spiro atoms. The number of halogens is 2. The van der Waals surface area contributed by atoms with Gasteiger partial charge in [-0.3, -0.25) is 4.79 Å². The molecule has 0 fully saturated rings. The number of para-hydroxylation sites is 1. The molecule has 0 aliphatic carbocycles. The molecular formula is C13H11Cl2N3O3. The van der Waals surface area contributed by atoms with E-state index in [1.54, 1.807) is 25.1 Å². The van der Waals surface area contributed by atoms with Crippen LogP contribution in [0, 0.1) is 0 Å². The molecule has 1 heterocycles. The molecule has 8 heteroatoms. The highest BCUT2D eigenvalue weighted by Crippen LogP contribution is 2.30. The van der Waals surface area contributed by atoms with Gasteiger partial charge in [0.25, 0.3) is 5.91 Å². The summed E-state index contributed by atoms with van der Waals surface area (Å²) in [5, 5.41) is 3.09. The standard InChI is InChI=1S/C13H11Cl2N3O3/c1-2-21-13(20)11-10(16-6-17-11)12(19)18-9-7(14)4-3-5-8(9)15/h3-6H,2H2,1H3,(H,16,17)(H,18,19). The number of aromatic amines is 1. The Morgan fingerprint density at radius 3 is 2.62 bits per heavy atom. The summed E-state index contributed by atoms with van der Waals surface area (Å²) in [6.45, 7) is 1.85. The van der Waals surface area contributed by atoms with Crippen LogP contribution in [0.2, 0.25) is 10.0 Å². The van der Waals surface area contributed by atoms with Gasteiger partial charge in [0.2, 0.25) is 0 Å². The van der Waals surface area contributed by atoms with E-state index in [1.807, 2.05) is 0 Å². The number of H-pyrrole nitrogens is 1. The first kappa shape index (κ1) is 15.3. The fourth-order valence-corrected chi connectivity index (χ4v) is 2.11. The van der Waals surface area contributed by atoms with Crippen LogP contribution in [-0.4, -0.2) is 28.5 Å². The van der Waals surface area contributed by atoms with Crippen molar-refractivity contribution < 1.29 is 14.3 Å². The number of nitrogens with one attached hydrogen (secondary N) is 2. The molecule has 1 amide bonds. The van der Waals surface area contributed by atoms with E-state index in [9.17, 15) is 9.59 Å². The van der Waals surface area contributed by atoms with Gasteiger partial charge in [0.15, 0.2) is 11.4 Å². The molecule has 110 valence electrons. The summed E-state index contributed by atoms with van der Waals surface area (Å²) >= 11 is 11.9. The Hall–Kier alpha value is -2.05. The highest BCUT2D eigenvalue weighted by atomic mass is 35.5. The highest BCUT2D eigenvalue weighted by Gasteiger charge is 2.22. The number of nitrogens with zero attached hydrogens (tertiary/aromatic N) is 1. The molecule has 0 saturated carbocycles. The minimum atomic E-state index is -0.662. The van der Waals surface area contributed by atoms with Crippen LogP contribution in [0.1, 0.15) is 27.9 Å². The van der Waals surface area contributed by atoms with Gasteiger partial charge in [0.05, 0.1) is 28.7 Å². The van der Waals surface area contributed by atoms with Crippen LogP contribution in [0.4, 0.5) is 5.69 Å². The van der Waals surface area contributed by atoms with Crippen LogP contribution < -0.4 is 5.32 Å². The summed E-state index contributed by atoms with van der Waals surface area (Å²) < 4.78 is 4.83. The number of benzene rings is 1. The van der Waals surface area contributed by atoms with E-state index in [2.05, 4.69) is 15.3 Å². The molecule has 0 saturated heterocycles. The Kier molecular flexibility index (Phi) is 4.82. The van der Waals surface area contributed by atoms with Crippen molar-refractivity contribution >= 4 is 40.8 Å². The predicted octanol–water partition coefficient (Wildman–Crippen LogP) is 3.15. The lowest BCUT2D eigenvalue weighted by Crippen LogP contribution is -2.18. The number of carbonyl (C=O) groups is 2. The Balaban J connectivity index is 2.26. The minimum Gasteiger partial charge on any atom is -0.461 e. The number of carbonyl (C=O) groups excluding carboxylic acids is 2. The average molecular weight is 328 g/mol. The lowest BCUT2D eigenvalue weighted by Gasteiger charge is -2.08. The first-order chi connectivity index (χ1) is 10.0. The maximum absolute atomic E-state index is 12.2. The normalized spacial score (nSPS) is 10.2. The van der Waals surface area contributed by atoms with E-state index in [0.29, 0.717) is 0 Å². The Morgan fingerprint density at radius 1 is 1.33 bits per heavy atom. The maximum atomic E-state index is 12.2. The molecular weight excluding hydrogens is 317 g/mol. The van der Waals surface area contributed by atoms with E-state index >= 15 is 0 Å². The largest absolute Gasteiger partial charge is 0.461 e. The number of aromatic nitrogens is 2. The van der Waals surface area contributed by atoms with Gasteiger partial charge in [-0.05, 0) is 19.1 Å². The number of hydrogen-bond donors (Lipinski definition) is 2. The predicted molar refractivity (Wildman–Crippen MR) is 79.0 cm³/mol. The average Bonchev–Trinajstić information content (AvgIpc) is 2.92. The van der Waals surface area contributed by atoms with Crippen LogP contribution in [0.25, 0.3) is 0 Å². The van der Waals surface area contributed by atoms with Crippen molar-refractivity contribution in [2.24, 2.45) is 0 Å². The second-order valence-electron chi connectivity index (χ2n) is 3.90. The van der Waals surface area contributed by atoms with E-state index < -0.39 is 11.9 Å². The quantitative estimate of drug-likeness (QED) is 0.845. The SMILES string of the molecule is CCOC(=O)c1[nH]cnc1C(=O)Nc1c(Cl)cccc1Cl. The number of esters is 1. The Bertz CT molecular complexity index is 665. The minimum absolute atomic E-state index is 0.0301. The van der Waals surface area contributed by atoms with Gasteiger partial charge in [-0.2, -0.15) is 0 Å². The molecule has 2 rings (SSSR count). The van der Waals surface area contributed by atoms with Gasteiger partial charge in [0.1, 0.15) is 0 Å². The number of imidazole rings is 1. The van der Waals surface area contributed by atoms with Crippen LogP contribution in [0.5, 0.6) is 0 Å². The van der Waals surface area contributed by atoms with Crippen LogP contribution in [0.15, 0.2) is 24.5 Å². The molecule has 0 aliphatic rings. The molecule has 2 aromatic rings. The monoisotopic (exact) mass is 327 g/mol. The second kappa shape index (κ2) is 6.60. The first-order valence-electron chi connectivity index (χ1n) is 6.00. The summed E-state index contributed by atoms with van der Waals surface area (Å²) in [5.41, 5.74) is 0.130. The lowest BCUT2D eigenvalue weighted by molar-refractivity contribution is 0.0517. The van der Waals surface area contributed by atoms with E-state index in [0.717, 1.165) is 0 Å². The van der Waals surface area contributed by atoms with E-state index in [1.165, 1.54) is 6.33 Å². The van der Waals surface area contributed by atoms with Crippen molar-refractivity contribution in [3.63, 3.8) is 0 Å². The summed E-state index contributed by atoms with van der Waals surface area (Å²) in [7, 11) is 0. The highest BCUT2D eigenvalue weighted by molar-refractivity contribution is 6.40. The van der Waals surface area contributed by atoms with Crippen molar-refractivity contribution in [2.45, 2.75) is 6.92 Å². The second-order valence-corrected chi connectivity index (χ2v) is 4.71. The van der Waals surface area contributed by atoms with E-state index in [4.69, 9.17) is 27.9 Å². The molecule has 1 aromatic heterocycles. The van der Waals surface area contributed by atoms with Gasteiger partial charge in [-0.15, -0.1) is 0 Å². The van der Waals surface area contributed by atoms with Gasteiger partial charge in [0, 0.05) is 0 Å². The lowest BCUT2D eigenvalue weighted by atomic mass is 10.2. The Morgan fingerprint density at radius 2 is 2.00 bits per heavy atom. The van der Waals surface area contributed by atoms with Crippen LogP contribution in [0.3, 0.4) is 0 Å². The molecule has 0 bridgehead atoms. The van der Waals surface area contributed by atoms with Crippen molar-refractivity contribution in [3.8, 4) is 0 Å².